The number of nitrogens with zero attached hydrogens (tertiary/aromatic N) is 2. The van der Waals surface area contributed by atoms with Crippen LogP contribution in [0, 0.1) is 0 Å². The van der Waals surface area contributed by atoms with Crippen molar-refractivity contribution in [2.45, 2.75) is 32.8 Å². The maximum atomic E-state index is 12.0. The second-order valence-corrected chi connectivity index (χ2v) is 6.77. The van der Waals surface area contributed by atoms with Crippen LogP contribution in [-0.4, -0.2) is 34.6 Å². The highest BCUT2D eigenvalue weighted by atomic mass is 16.6. The van der Waals surface area contributed by atoms with E-state index in [2.05, 4.69) is 32.9 Å². The van der Waals surface area contributed by atoms with Gasteiger partial charge in [0.1, 0.15) is 5.60 Å². The Kier molecular flexibility index (Phi) is 6.48. The Morgan fingerprint density at radius 1 is 1.27 bits per heavy atom. The van der Waals surface area contributed by atoms with Crippen LogP contribution < -0.4 is 22.3 Å². The fourth-order valence-electron chi connectivity index (χ4n) is 2.29. The average molecular weight is 358 g/mol. The Hall–Kier alpha value is -2.71. The summed E-state index contributed by atoms with van der Waals surface area (Å²) in [5.74, 6) is 5.45. The van der Waals surface area contributed by atoms with Gasteiger partial charge < -0.3 is 21.2 Å². The molecule has 1 aromatic heterocycles. The first-order valence-electron chi connectivity index (χ1n) is 8.43. The fraction of sp³-hybridized carbons (Fsp3) is 0.389. The minimum atomic E-state index is -0.557. The number of hydrogen-bond donors (Lipinski definition) is 4. The molecule has 1 aromatic carbocycles. The number of benzene rings is 1. The number of hydrogen-bond acceptors (Lipinski definition) is 8. The van der Waals surface area contributed by atoms with Gasteiger partial charge in [-0.05, 0) is 51.9 Å². The zero-order chi connectivity index (χ0) is 19.2. The number of nitrogens with one attached hydrogen (secondary N) is 2. The summed E-state index contributed by atoms with van der Waals surface area (Å²) in [4.78, 5) is 20.1. The summed E-state index contributed by atoms with van der Waals surface area (Å²) in [6.07, 6.45) is 5.57. The van der Waals surface area contributed by atoms with Crippen LogP contribution in [-0.2, 0) is 4.74 Å². The molecular weight excluding hydrogens is 332 g/mol. The number of esters is 1. The van der Waals surface area contributed by atoms with E-state index in [-0.39, 0.29) is 5.95 Å². The minimum absolute atomic E-state index is 0.107. The number of carbonyl (C=O) groups is 1. The molecule has 3 rings (SSSR count). The lowest BCUT2D eigenvalue weighted by Crippen LogP contribution is -2.23. The van der Waals surface area contributed by atoms with Gasteiger partial charge >= 0.3 is 5.97 Å². The highest BCUT2D eigenvalue weighted by Gasteiger charge is 2.18. The topological polar surface area (TPSA) is 128 Å². The van der Waals surface area contributed by atoms with E-state index < -0.39 is 11.6 Å². The Balaban J connectivity index is 0.000000342. The van der Waals surface area contributed by atoms with Gasteiger partial charge in [-0.25, -0.2) is 15.6 Å². The second kappa shape index (κ2) is 8.59. The van der Waals surface area contributed by atoms with Crippen LogP contribution in [0.4, 0.5) is 11.8 Å². The van der Waals surface area contributed by atoms with Gasteiger partial charge in [-0.3, -0.25) is 0 Å². The van der Waals surface area contributed by atoms with E-state index in [0.29, 0.717) is 22.3 Å². The highest BCUT2D eigenvalue weighted by Crippen LogP contribution is 2.23. The summed E-state index contributed by atoms with van der Waals surface area (Å²) in [7, 11) is 0. The van der Waals surface area contributed by atoms with E-state index in [4.69, 9.17) is 16.3 Å². The third-order valence-electron chi connectivity index (χ3n) is 3.40. The third kappa shape index (κ3) is 5.68. The van der Waals surface area contributed by atoms with Gasteiger partial charge in [0.2, 0.25) is 5.95 Å². The van der Waals surface area contributed by atoms with Crippen molar-refractivity contribution in [3.05, 3.63) is 35.9 Å². The molecule has 0 fully saturated rings. The molecule has 1 aliphatic heterocycles. The summed E-state index contributed by atoms with van der Waals surface area (Å²) < 4.78 is 5.31. The molecule has 26 heavy (non-hydrogen) atoms. The van der Waals surface area contributed by atoms with Crippen molar-refractivity contribution in [3.8, 4) is 0 Å². The number of anilines is 2. The molecular formula is C18H26N6O2. The van der Waals surface area contributed by atoms with Crippen molar-refractivity contribution in [1.29, 1.82) is 0 Å². The number of hydrazine groups is 1. The fourth-order valence-corrected chi connectivity index (χ4v) is 2.29. The van der Waals surface area contributed by atoms with Crippen molar-refractivity contribution >= 4 is 28.6 Å². The number of fused-ring (bicyclic) bond motifs is 1. The second-order valence-electron chi connectivity index (χ2n) is 6.77. The number of nitrogen functional groups attached to an aromatic ring is 2. The molecule has 0 spiro atoms. The van der Waals surface area contributed by atoms with Crippen LogP contribution in [0.3, 0.4) is 0 Å². The van der Waals surface area contributed by atoms with Crippen molar-refractivity contribution in [1.82, 2.24) is 15.3 Å². The SMILES string of the molecule is C1=CCNCC1.CC(C)(C)OC(=O)c1ccc2nc(N)nc(NN)c2c1. The number of aromatic nitrogens is 2. The Labute approximate surface area is 153 Å². The maximum Gasteiger partial charge on any atom is 0.338 e. The molecule has 0 amide bonds. The van der Waals surface area contributed by atoms with Crippen molar-refractivity contribution in [2.75, 3.05) is 24.2 Å². The Bertz CT molecular complexity index is 790. The molecule has 0 unspecified atom stereocenters. The molecule has 8 nitrogen and oxygen atoms in total. The molecule has 2 aromatic rings. The van der Waals surface area contributed by atoms with E-state index in [1.54, 1.807) is 18.2 Å². The van der Waals surface area contributed by atoms with Crippen LogP contribution in [0.5, 0.6) is 0 Å². The lowest BCUT2D eigenvalue weighted by molar-refractivity contribution is 0.00697. The predicted octanol–water partition coefficient (Wildman–Crippen LogP) is 1.99. The van der Waals surface area contributed by atoms with Gasteiger partial charge in [0.25, 0.3) is 0 Å². The van der Waals surface area contributed by atoms with Gasteiger partial charge in [0.15, 0.2) is 5.82 Å². The first kappa shape index (κ1) is 19.6. The zero-order valence-electron chi connectivity index (χ0n) is 15.4. The Morgan fingerprint density at radius 3 is 2.54 bits per heavy atom. The summed E-state index contributed by atoms with van der Waals surface area (Å²) in [5, 5.41) is 3.80. The van der Waals surface area contributed by atoms with Crippen LogP contribution in [0.25, 0.3) is 10.9 Å². The molecule has 140 valence electrons. The monoisotopic (exact) mass is 358 g/mol. The van der Waals surface area contributed by atoms with Gasteiger partial charge in [-0.2, -0.15) is 4.98 Å². The molecule has 0 saturated carbocycles. The van der Waals surface area contributed by atoms with Crippen molar-refractivity contribution < 1.29 is 9.53 Å². The highest BCUT2D eigenvalue weighted by molar-refractivity contribution is 5.98. The van der Waals surface area contributed by atoms with E-state index >= 15 is 0 Å². The van der Waals surface area contributed by atoms with Crippen molar-refractivity contribution in [2.24, 2.45) is 5.84 Å². The molecule has 0 radical (unpaired) electrons. The summed E-state index contributed by atoms with van der Waals surface area (Å²) >= 11 is 0. The smallest absolute Gasteiger partial charge is 0.338 e. The quantitative estimate of drug-likeness (QED) is 0.278. The predicted molar refractivity (Wildman–Crippen MR) is 104 cm³/mol. The molecule has 0 saturated heterocycles. The normalized spacial score (nSPS) is 13.7. The third-order valence-corrected chi connectivity index (χ3v) is 3.40. The molecule has 0 atom stereocenters. The van der Waals surface area contributed by atoms with E-state index in [1.165, 1.54) is 6.42 Å². The van der Waals surface area contributed by atoms with Gasteiger partial charge in [0.05, 0.1) is 11.1 Å². The number of carbonyl (C=O) groups excluding carboxylic acids is 1. The molecule has 1 aliphatic rings. The lowest BCUT2D eigenvalue weighted by atomic mass is 10.1. The van der Waals surface area contributed by atoms with E-state index in [9.17, 15) is 4.79 Å². The maximum absolute atomic E-state index is 12.0. The summed E-state index contributed by atoms with van der Waals surface area (Å²) in [6, 6.07) is 4.93. The first-order valence-corrected chi connectivity index (χ1v) is 8.43. The van der Waals surface area contributed by atoms with E-state index in [0.717, 1.165) is 13.1 Å². The summed E-state index contributed by atoms with van der Waals surface area (Å²) in [5.41, 5.74) is 8.45. The standard InChI is InChI=1S/C13H17N5O2.C5H9N/c1-13(2,3)20-11(19)7-4-5-9-8(6-7)10(18-15)17-12(14)16-9;1-2-4-6-5-3-1/h4-6H,15H2,1-3H3,(H3,14,16,17,18);1-2,6H,3-5H2. The van der Waals surface area contributed by atoms with Gasteiger partial charge in [-0.1, -0.05) is 12.2 Å². The average Bonchev–Trinajstić information content (AvgIpc) is 2.61. The zero-order valence-corrected chi connectivity index (χ0v) is 15.4. The van der Waals surface area contributed by atoms with Gasteiger partial charge in [-0.15, -0.1) is 0 Å². The lowest BCUT2D eigenvalue weighted by Gasteiger charge is -2.19. The number of rotatable bonds is 2. The van der Waals surface area contributed by atoms with Crippen LogP contribution in [0.1, 0.15) is 37.6 Å². The number of ether oxygens (including phenoxy) is 1. The molecule has 0 aliphatic carbocycles. The van der Waals surface area contributed by atoms with Crippen molar-refractivity contribution in [3.63, 3.8) is 0 Å². The van der Waals surface area contributed by atoms with Crippen LogP contribution in [0.15, 0.2) is 30.4 Å². The largest absolute Gasteiger partial charge is 0.456 e. The first-order chi connectivity index (χ1) is 12.3. The molecule has 0 bridgehead atoms. The Morgan fingerprint density at radius 2 is 2.04 bits per heavy atom. The van der Waals surface area contributed by atoms with Crippen LogP contribution >= 0.6 is 0 Å². The van der Waals surface area contributed by atoms with E-state index in [1.807, 2.05) is 20.8 Å². The summed E-state index contributed by atoms with van der Waals surface area (Å²) in [6.45, 7) is 7.66. The number of nitrogens with two attached hydrogens (primary N) is 2. The minimum Gasteiger partial charge on any atom is -0.456 e. The van der Waals surface area contributed by atoms with Gasteiger partial charge in [0, 0.05) is 11.9 Å². The molecule has 2 heterocycles. The molecule has 8 heteroatoms. The van der Waals surface area contributed by atoms with Crippen LogP contribution in [0.2, 0.25) is 0 Å². The molecule has 6 N–H and O–H groups in total.